The van der Waals surface area contributed by atoms with E-state index in [0.29, 0.717) is 10.9 Å². The quantitative estimate of drug-likeness (QED) is 0.828. The second-order valence-corrected chi connectivity index (χ2v) is 3.86. The van der Waals surface area contributed by atoms with Gasteiger partial charge in [-0.15, -0.1) is 6.58 Å². The third-order valence-corrected chi connectivity index (χ3v) is 2.94. The summed E-state index contributed by atoms with van der Waals surface area (Å²) in [6, 6.07) is 3.10. The monoisotopic (exact) mass is 270 g/mol. The van der Waals surface area contributed by atoms with E-state index in [0.717, 1.165) is 12.0 Å². The van der Waals surface area contributed by atoms with Crippen molar-refractivity contribution in [2.45, 2.75) is 12.8 Å². The maximum absolute atomic E-state index is 10.9. The summed E-state index contributed by atoms with van der Waals surface area (Å²) in [7, 11) is 0. The van der Waals surface area contributed by atoms with Crippen LogP contribution in [0.5, 0.6) is 5.75 Å². The van der Waals surface area contributed by atoms with Crippen molar-refractivity contribution < 1.29 is 15.0 Å². The predicted molar refractivity (Wildman–Crippen MR) is 61.3 cm³/mol. The van der Waals surface area contributed by atoms with Crippen molar-refractivity contribution in [2.75, 3.05) is 0 Å². The molecule has 0 unspecified atom stereocenters. The lowest BCUT2D eigenvalue weighted by atomic mass is 10.1. The highest BCUT2D eigenvalue weighted by molar-refractivity contribution is 9.10. The van der Waals surface area contributed by atoms with E-state index < -0.39 is 5.97 Å². The number of carbonyl (C=O) groups is 1. The Morgan fingerprint density at radius 2 is 2.20 bits per heavy atom. The summed E-state index contributed by atoms with van der Waals surface area (Å²) in [5.74, 6) is -1.36. The number of hydrogen-bond acceptors (Lipinski definition) is 2. The van der Waals surface area contributed by atoms with E-state index in [1.807, 2.05) is 0 Å². The molecular formula is C11H11BrO3. The zero-order chi connectivity index (χ0) is 11.4. The smallest absolute Gasteiger partial charge is 0.340 e. The molecule has 1 aromatic rings. The Labute approximate surface area is 96.2 Å². The van der Waals surface area contributed by atoms with Gasteiger partial charge in [0.15, 0.2) is 0 Å². The number of phenols is 1. The minimum atomic E-state index is -1.14. The molecule has 0 fully saturated rings. The molecule has 3 nitrogen and oxygen atoms in total. The number of benzene rings is 1. The van der Waals surface area contributed by atoms with Crippen molar-refractivity contribution in [2.24, 2.45) is 0 Å². The highest BCUT2D eigenvalue weighted by atomic mass is 79.9. The van der Waals surface area contributed by atoms with Crippen LogP contribution >= 0.6 is 15.9 Å². The summed E-state index contributed by atoms with van der Waals surface area (Å²) in [5, 5.41) is 18.3. The van der Waals surface area contributed by atoms with Gasteiger partial charge in [-0.2, -0.15) is 0 Å². The Balaban J connectivity index is 3.16. The average Bonchev–Trinajstić information content (AvgIpc) is 2.16. The second-order valence-electron chi connectivity index (χ2n) is 3.07. The summed E-state index contributed by atoms with van der Waals surface area (Å²) in [5.41, 5.74) is 0.765. The Bertz CT molecular complexity index is 399. The van der Waals surface area contributed by atoms with Gasteiger partial charge in [0.25, 0.3) is 0 Å². The van der Waals surface area contributed by atoms with Gasteiger partial charge in [0.1, 0.15) is 11.3 Å². The fraction of sp³-hybridized carbons (Fsp3) is 0.182. The first-order valence-electron chi connectivity index (χ1n) is 4.42. The standard InChI is InChI=1S/C11H11BrO3/c1-2-3-4-7-5-6-8(13)9(10(7)12)11(14)15/h2,5-6,13H,1,3-4H2,(H,14,15). The number of carboxylic acid groups (broad SMARTS) is 1. The van der Waals surface area contributed by atoms with E-state index in [4.69, 9.17) is 5.11 Å². The van der Waals surface area contributed by atoms with Gasteiger partial charge in [-0.05, 0) is 40.4 Å². The molecule has 0 amide bonds. The SMILES string of the molecule is C=CCCc1ccc(O)c(C(=O)O)c1Br. The van der Waals surface area contributed by atoms with Crippen molar-refractivity contribution in [3.8, 4) is 5.75 Å². The predicted octanol–water partition coefficient (Wildman–Crippen LogP) is 2.97. The van der Waals surface area contributed by atoms with Gasteiger partial charge in [-0.3, -0.25) is 0 Å². The molecule has 1 aromatic carbocycles. The Kier molecular flexibility index (Phi) is 3.91. The Morgan fingerprint density at radius 3 is 2.73 bits per heavy atom. The highest BCUT2D eigenvalue weighted by Gasteiger charge is 2.16. The third kappa shape index (κ3) is 2.59. The molecule has 0 aliphatic rings. The Hall–Kier alpha value is -1.29. The van der Waals surface area contributed by atoms with Crippen molar-refractivity contribution in [1.82, 2.24) is 0 Å². The molecule has 1 rings (SSSR count). The van der Waals surface area contributed by atoms with E-state index >= 15 is 0 Å². The van der Waals surface area contributed by atoms with Crippen LogP contribution in [0.3, 0.4) is 0 Å². The molecule has 2 N–H and O–H groups in total. The van der Waals surface area contributed by atoms with Crippen molar-refractivity contribution in [1.29, 1.82) is 0 Å². The summed E-state index contributed by atoms with van der Waals surface area (Å²) in [4.78, 5) is 10.9. The molecule has 0 aliphatic carbocycles. The van der Waals surface area contributed by atoms with Crippen molar-refractivity contribution >= 4 is 21.9 Å². The molecule has 0 aromatic heterocycles. The fourth-order valence-electron chi connectivity index (χ4n) is 1.26. The summed E-state index contributed by atoms with van der Waals surface area (Å²) in [6.07, 6.45) is 3.23. The van der Waals surface area contributed by atoms with Crippen LogP contribution in [0.25, 0.3) is 0 Å². The van der Waals surface area contributed by atoms with E-state index in [-0.39, 0.29) is 11.3 Å². The third-order valence-electron chi connectivity index (χ3n) is 2.03. The van der Waals surface area contributed by atoms with Gasteiger partial charge in [-0.1, -0.05) is 12.1 Å². The van der Waals surface area contributed by atoms with Gasteiger partial charge in [-0.25, -0.2) is 4.79 Å². The van der Waals surface area contributed by atoms with Gasteiger partial charge >= 0.3 is 5.97 Å². The van der Waals surface area contributed by atoms with Crippen molar-refractivity contribution in [3.05, 3.63) is 40.4 Å². The number of aryl methyl sites for hydroxylation is 1. The first kappa shape index (κ1) is 11.8. The van der Waals surface area contributed by atoms with E-state index in [1.54, 1.807) is 12.1 Å². The minimum absolute atomic E-state index is 0.0865. The number of aromatic carboxylic acids is 1. The van der Waals surface area contributed by atoms with Crippen LogP contribution in [-0.2, 0) is 6.42 Å². The van der Waals surface area contributed by atoms with Gasteiger partial charge < -0.3 is 10.2 Å². The van der Waals surface area contributed by atoms with E-state index in [2.05, 4.69) is 22.5 Å². The molecule has 0 heterocycles. The number of allylic oxidation sites excluding steroid dienone is 1. The summed E-state index contributed by atoms with van der Waals surface area (Å²) < 4.78 is 0.442. The lowest BCUT2D eigenvalue weighted by Gasteiger charge is -2.07. The molecule has 80 valence electrons. The molecule has 4 heteroatoms. The topological polar surface area (TPSA) is 57.5 Å². The lowest BCUT2D eigenvalue weighted by Crippen LogP contribution is -2.01. The van der Waals surface area contributed by atoms with Crippen LogP contribution in [0.15, 0.2) is 29.3 Å². The number of carboxylic acids is 1. The molecule has 0 saturated heterocycles. The number of rotatable bonds is 4. The van der Waals surface area contributed by atoms with Crippen LogP contribution in [-0.4, -0.2) is 16.2 Å². The maximum Gasteiger partial charge on any atom is 0.340 e. The Morgan fingerprint density at radius 1 is 1.53 bits per heavy atom. The van der Waals surface area contributed by atoms with Gasteiger partial charge in [0, 0.05) is 4.47 Å². The van der Waals surface area contributed by atoms with Gasteiger partial charge in [0.2, 0.25) is 0 Å². The molecule has 0 saturated carbocycles. The number of aromatic hydroxyl groups is 1. The van der Waals surface area contributed by atoms with Crippen molar-refractivity contribution in [3.63, 3.8) is 0 Å². The average molecular weight is 271 g/mol. The fourth-order valence-corrected chi connectivity index (χ4v) is 1.97. The minimum Gasteiger partial charge on any atom is -0.507 e. The summed E-state index contributed by atoms with van der Waals surface area (Å²) in [6.45, 7) is 3.60. The molecule has 15 heavy (non-hydrogen) atoms. The molecular weight excluding hydrogens is 260 g/mol. The second kappa shape index (κ2) is 4.98. The van der Waals surface area contributed by atoms with Crippen LogP contribution in [0.4, 0.5) is 0 Å². The van der Waals surface area contributed by atoms with E-state index in [9.17, 15) is 9.90 Å². The normalized spacial score (nSPS) is 9.93. The first-order valence-corrected chi connectivity index (χ1v) is 5.21. The van der Waals surface area contributed by atoms with Crippen LogP contribution < -0.4 is 0 Å². The van der Waals surface area contributed by atoms with E-state index in [1.165, 1.54) is 6.07 Å². The van der Waals surface area contributed by atoms with Gasteiger partial charge in [0.05, 0.1) is 0 Å². The molecule has 0 spiro atoms. The molecule has 0 bridgehead atoms. The lowest BCUT2D eigenvalue weighted by molar-refractivity contribution is 0.0692. The van der Waals surface area contributed by atoms with Crippen LogP contribution in [0, 0.1) is 0 Å². The molecule has 0 aliphatic heterocycles. The largest absolute Gasteiger partial charge is 0.507 e. The first-order chi connectivity index (χ1) is 7.07. The van der Waals surface area contributed by atoms with Crippen LogP contribution in [0.2, 0.25) is 0 Å². The molecule has 0 radical (unpaired) electrons. The maximum atomic E-state index is 10.9. The molecule has 0 atom stereocenters. The summed E-state index contributed by atoms with van der Waals surface area (Å²) >= 11 is 3.19. The number of halogens is 1. The zero-order valence-electron chi connectivity index (χ0n) is 8.03. The highest BCUT2D eigenvalue weighted by Crippen LogP contribution is 2.30. The zero-order valence-corrected chi connectivity index (χ0v) is 9.62. The number of hydrogen-bond donors (Lipinski definition) is 2. The van der Waals surface area contributed by atoms with Crippen LogP contribution in [0.1, 0.15) is 22.3 Å².